The van der Waals surface area contributed by atoms with Crippen LogP contribution in [0.25, 0.3) is 0 Å². The van der Waals surface area contributed by atoms with Crippen molar-refractivity contribution >= 4 is 0 Å². The van der Waals surface area contributed by atoms with E-state index in [-0.39, 0.29) is 0 Å². The van der Waals surface area contributed by atoms with Crippen molar-refractivity contribution in [3.8, 4) is 5.75 Å². The molecule has 1 atom stereocenters. The Bertz CT molecular complexity index is 411. The zero-order chi connectivity index (χ0) is 11.7. The van der Waals surface area contributed by atoms with Crippen molar-refractivity contribution in [2.45, 2.75) is 31.3 Å². The fourth-order valence-corrected chi connectivity index (χ4v) is 2.72. The molecule has 1 unspecified atom stereocenters. The predicted octanol–water partition coefficient (Wildman–Crippen LogP) is 1.28. The summed E-state index contributed by atoms with van der Waals surface area (Å²) >= 11 is 0. The minimum Gasteiger partial charge on any atom is -0.493 e. The van der Waals surface area contributed by atoms with Crippen LogP contribution in [0.1, 0.15) is 24.0 Å². The number of aliphatic hydroxyl groups is 1. The zero-order valence-electron chi connectivity index (χ0n) is 10.0. The lowest BCUT2D eigenvalue weighted by Crippen LogP contribution is -2.31. The topological polar surface area (TPSA) is 41.5 Å². The van der Waals surface area contributed by atoms with Gasteiger partial charge in [-0.1, -0.05) is 12.1 Å². The summed E-state index contributed by atoms with van der Waals surface area (Å²) in [7, 11) is 0. The molecule has 1 aromatic carbocycles. The van der Waals surface area contributed by atoms with Crippen LogP contribution in [0.3, 0.4) is 0 Å². The molecule has 0 radical (unpaired) electrons. The highest BCUT2D eigenvalue weighted by Gasteiger charge is 2.30. The van der Waals surface area contributed by atoms with Crippen molar-refractivity contribution in [3.05, 3.63) is 29.3 Å². The van der Waals surface area contributed by atoms with Crippen LogP contribution in [0.5, 0.6) is 5.75 Å². The van der Waals surface area contributed by atoms with E-state index in [1.54, 1.807) is 0 Å². The third-order valence-electron chi connectivity index (χ3n) is 3.85. The van der Waals surface area contributed by atoms with Crippen molar-refractivity contribution in [3.63, 3.8) is 0 Å². The highest BCUT2D eigenvalue weighted by Crippen LogP contribution is 2.27. The molecule has 3 nitrogen and oxygen atoms in total. The van der Waals surface area contributed by atoms with E-state index in [2.05, 4.69) is 23.5 Å². The van der Waals surface area contributed by atoms with Gasteiger partial charge in [0, 0.05) is 13.0 Å². The molecule has 0 amide bonds. The Morgan fingerprint density at radius 3 is 3.18 bits per heavy atom. The van der Waals surface area contributed by atoms with E-state index < -0.39 is 5.60 Å². The Balaban J connectivity index is 1.65. The average molecular weight is 233 g/mol. The van der Waals surface area contributed by atoms with Gasteiger partial charge in [-0.15, -0.1) is 0 Å². The maximum absolute atomic E-state index is 10.3. The summed E-state index contributed by atoms with van der Waals surface area (Å²) < 4.78 is 5.49. The van der Waals surface area contributed by atoms with E-state index in [0.29, 0.717) is 0 Å². The summed E-state index contributed by atoms with van der Waals surface area (Å²) in [6.45, 7) is 2.49. The van der Waals surface area contributed by atoms with Crippen LogP contribution < -0.4 is 10.1 Å². The molecule has 92 valence electrons. The Labute approximate surface area is 102 Å². The minimum absolute atomic E-state index is 0.491. The molecule has 1 aromatic rings. The van der Waals surface area contributed by atoms with Crippen LogP contribution in [-0.2, 0) is 12.8 Å². The van der Waals surface area contributed by atoms with Crippen LogP contribution in [0, 0.1) is 0 Å². The normalized spacial score (nSPS) is 26.9. The number of hydrogen-bond acceptors (Lipinski definition) is 3. The van der Waals surface area contributed by atoms with Gasteiger partial charge in [-0.25, -0.2) is 0 Å². The van der Waals surface area contributed by atoms with E-state index in [4.69, 9.17) is 4.74 Å². The molecule has 0 saturated carbocycles. The van der Waals surface area contributed by atoms with Crippen LogP contribution in [-0.4, -0.2) is 30.4 Å². The van der Waals surface area contributed by atoms with E-state index >= 15 is 0 Å². The van der Waals surface area contributed by atoms with Crippen molar-refractivity contribution in [2.24, 2.45) is 0 Å². The Morgan fingerprint density at radius 1 is 1.41 bits per heavy atom. The van der Waals surface area contributed by atoms with Crippen molar-refractivity contribution in [2.75, 3.05) is 19.7 Å². The summed E-state index contributed by atoms with van der Waals surface area (Å²) in [6.07, 6.45) is 3.70. The van der Waals surface area contributed by atoms with Gasteiger partial charge in [0.2, 0.25) is 0 Å². The first-order valence-electron chi connectivity index (χ1n) is 6.43. The molecule has 17 heavy (non-hydrogen) atoms. The fraction of sp³-hybridized carbons (Fsp3) is 0.571. The number of aryl methyl sites for hydroxylation is 1. The molecule has 0 bridgehead atoms. The second-order valence-corrected chi connectivity index (χ2v) is 5.19. The van der Waals surface area contributed by atoms with Crippen LogP contribution in [0.15, 0.2) is 18.2 Å². The van der Waals surface area contributed by atoms with Crippen LogP contribution in [0.2, 0.25) is 0 Å². The monoisotopic (exact) mass is 233 g/mol. The number of β-amino-alcohol motifs (C(OH)–C–C–N with tert-alkyl or cyclic N) is 1. The smallest absolute Gasteiger partial charge is 0.122 e. The molecule has 0 aliphatic carbocycles. The maximum Gasteiger partial charge on any atom is 0.122 e. The van der Waals surface area contributed by atoms with Crippen molar-refractivity contribution in [1.82, 2.24) is 5.32 Å². The molecule has 3 heteroatoms. The summed E-state index contributed by atoms with van der Waals surface area (Å²) in [5, 5.41) is 13.5. The van der Waals surface area contributed by atoms with E-state index in [1.807, 2.05) is 0 Å². The third-order valence-corrected chi connectivity index (χ3v) is 3.85. The summed E-state index contributed by atoms with van der Waals surface area (Å²) in [4.78, 5) is 0. The lowest BCUT2D eigenvalue weighted by atomic mass is 9.93. The highest BCUT2D eigenvalue weighted by atomic mass is 16.5. The molecule has 3 rings (SSSR count). The lowest BCUT2D eigenvalue weighted by Gasteiger charge is -2.21. The summed E-state index contributed by atoms with van der Waals surface area (Å²) in [5.74, 6) is 1.04. The fourth-order valence-electron chi connectivity index (χ4n) is 2.72. The molecule has 1 fully saturated rings. The van der Waals surface area contributed by atoms with Gasteiger partial charge in [0.25, 0.3) is 0 Å². The second-order valence-electron chi connectivity index (χ2n) is 5.19. The zero-order valence-corrected chi connectivity index (χ0v) is 10.0. The van der Waals surface area contributed by atoms with E-state index in [1.165, 1.54) is 11.1 Å². The molecular weight excluding hydrogens is 214 g/mol. The van der Waals surface area contributed by atoms with Gasteiger partial charge in [0.05, 0.1) is 12.2 Å². The first-order chi connectivity index (χ1) is 8.25. The molecule has 2 aliphatic heterocycles. The molecule has 1 saturated heterocycles. The van der Waals surface area contributed by atoms with Crippen molar-refractivity contribution < 1.29 is 9.84 Å². The maximum atomic E-state index is 10.3. The molecule has 2 N–H and O–H groups in total. The average Bonchev–Trinajstić information content (AvgIpc) is 2.95. The van der Waals surface area contributed by atoms with Gasteiger partial charge in [0.1, 0.15) is 5.75 Å². The van der Waals surface area contributed by atoms with Crippen LogP contribution in [0.4, 0.5) is 0 Å². The lowest BCUT2D eigenvalue weighted by molar-refractivity contribution is 0.0526. The summed E-state index contributed by atoms with van der Waals surface area (Å²) in [5.41, 5.74) is 2.14. The number of fused-ring (bicyclic) bond motifs is 1. The second kappa shape index (κ2) is 4.31. The first-order valence-corrected chi connectivity index (χ1v) is 6.43. The number of benzene rings is 1. The third kappa shape index (κ3) is 2.31. The van der Waals surface area contributed by atoms with Gasteiger partial charge >= 0.3 is 0 Å². The highest BCUT2D eigenvalue weighted by molar-refractivity contribution is 5.39. The number of ether oxygens (including phenoxy) is 1. The van der Waals surface area contributed by atoms with E-state index in [0.717, 1.165) is 51.1 Å². The number of rotatable bonds is 3. The molecular formula is C14H19NO2. The Morgan fingerprint density at radius 2 is 2.35 bits per heavy atom. The largest absolute Gasteiger partial charge is 0.493 e. The minimum atomic E-state index is -0.491. The van der Waals surface area contributed by atoms with Gasteiger partial charge in [-0.2, -0.15) is 0 Å². The molecule has 0 spiro atoms. The number of hydrogen-bond donors (Lipinski definition) is 2. The predicted molar refractivity (Wildman–Crippen MR) is 66.4 cm³/mol. The van der Waals surface area contributed by atoms with E-state index in [9.17, 15) is 5.11 Å². The van der Waals surface area contributed by atoms with Gasteiger partial charge in [-0.05, 0) is 43.0 Å². The van der Waals surface area contributed by atoms with Crippen LogP contribution >= 0.6 is 0 Å². The Kier molecular flexibility index (Phi) is 2.81. The van der Waals surface area contributed by atoms with Gasteiger partial charge < -0.3 is 15.2 Å². The number of nitrogens with one attached hydrogen (secondary N) is 1. The molecule has 2 aliphatic rings. The Hall–Kier alpha value is -1.06. The van der Waals surface area contributed by atoms with Crippen molar-refractivity contribution in [1.29, 1.82) is 0 Å². The van der Waals surface area contributed by atoms with Gasteiger partial charge in [-0.3, -0.25) is 0 Å². The molecule has 0 aromatic heterocycles. The van der Waals surface area contributed by atoms with Gasteiger partial charge in [0.15, 0.2) is 0 Å². The molecule has 2 heterocycles. The standard InChI is InChI=1S/C14H19NO2/c16-14(6-7-15-10-14)5-3-11-1-2-13-12(9-11)4-8-17-13/h1-2,9,15-16H,3-8,10H2. The first kappa shape index (κ1) is 11.1. The quantitative estimate of drug-likeness (QED) is 0.826. The SMILES string of the molecule is OC1(CCc2ccc3c(c2)CCO3)CCNC1. The summed E-state index contributed by atoms with van der Waals surface area (Å²) in [6, 6.07) is 6.42.